The Kier molecular flexibility index (Phi) is 3.76. The molecule has 1 aliphatic heterocycles. The molecule has 1 aromatic heterocycles. The van der Waals surface area contributed by atoms with Crippen molar-refractivity contribution in [2.24, 2.45) is 11.7 Å². The van der Waals surface area contributed by atoms with Crippen LogP contribution in [0.3, 0.4) is 0 Å². The highest BCUT2D eigenvalue weighted by Crippen LogP contribution is 2.26. The Morgan fingerprint density at radius 2 is 2.28 bits per heavy atom. The summed E-state index contributed by atoms with van der Waals surface area (Å²) in [7, 11) is 0. The number of hydrogen-bond donors (Lipinski definition) is 1. The average Bonchev–Trinajstić information content (AvgIpc) is 2.67. The van der Waals surface area contributed by atoms with E-state index < -0.39 is 0 Å². The van der Waals surface area contributed by atoms with Crippen molar-refractivity contribution in [3.05, 3.63) is 23.2 Å². The summed E-state index contributed by atoms with van der Waals surface area (Å²) in [6.45, 7) is 7.24. The van der Waals surface area contributed by atoms with Crippen LogP contribution in [0.25, 0.3) is 0 Å². The van der Waals surface area contributed by atoms with Crippen LogP contribution in [0, 0.1) is 19.8 Å². The maximum atomic E-state index is 12.5. The molecule has 1 aliphatic rings. The van der Waals surface area contributed by atoms with Gasteiger partial charge < -0.3 is 15.1 Å². The maximum absolute atomic E-state index is 12.5. The summed E-state index contributed by atoms with van der Waals surface area (Å²) in [6, 6.07) is 2.04. The molecule has 1 saturated heterocycles. The highest BCUT2D eigenvalue weighted by atomic mass is 16.4. The SMILES string of the molecule is Cc1cc(C)c(C(=O)N2CCC[C@H](C)[C@@H]2CN)o1. The van der Waals surface area contributed by atoms with Crippen molar-refractivity contribution in [1.82, 2.24) is 4.90 Å². The number of carbonyl (C=O) groups excluding carboxylic acids is 1. The van der Waals surface area contributed by atoms with Gasteiger partial charge in [0.05, 0.1) is 0 Å². The number of amides is 1. The Labute approximate surface area is 108 Å². The van der Waals surface area contributed by atoms with Gasteiger partial charge in [-0.3, -0.25) is 4.79 Å². The summed E-state index contributed by atoms with van der Waals surface area (Å²) < 4.78 is 5.53. The van der Waals surface area contributed by atoms with E-state index in [1.165, 1.54) is 0 Å². The molecule has 2 atom stereocenters. The average molecular weight is 250 g/mol. The van der Waals surface area contributed by atoms with Crippen molar-refractivity contribution < 1.29 is 9.21 Å². The first-order chi connectivity index (χ1) is 8.54. The van der Waals surface area contributed by atoms with Crippen LogP contribution < -0.4 is 5.73 Å². The van der Waals surface area contributed by atoms with E-state index in [1.54, 1.807) is 0 Å². The minimum absolute atomic E-state index is 0.0115. The Morgan fingerprint density at radius 1 is 1.56 bits per heavy atom. The first-order valence-corrected chi connectivity index (χ1v) is 6.62. The van der Waals surface area contributed by atoms with Crippen molar-refractivity contribution in [1.29, 1.82) is 0 Å². The topological polar surface area (TPSA) is 59.5 Å². The van der Waals surface area contributed by atoms with Crippen LogP contribution in [-0.4, -0.2) is 29.9 Å². The molecular formula is C14H22N2O2. The number of furan rings is 1. The van der Waals surface area contributed by atoms with Gasteiger partial charge >= 0.3 is 0 Å². The van der Waals surface area contributed by atoms with E-state index >= 15 is 0 Å². The molecule has 0 spiro atoms. The zero-order valence-electron chi connectivity index (χ0n) is 11.4. The molecular weight excluding hydrogens is 228 g/mol. The summed E-state index contributed by atoms with van der Waals surface area (Å²) in [5, 5.41) is 0. The van der Waals surface area contributed by atoms with Crippen LogP contribution in [0.4, 0.5) is 0 Å². The Bertz CT molecular complexity index is 439. The summed E-state index contributed by atoms with van der Waals surface area (Å²) in [5.41, 5.74) is 6.73. The molecule has 2 N–H and O–H groups in total. The first kappa shape index (κ1) is 13.1. The van der Waals surface area contributed by atoms with Crippen LogP contribution in [0.5, 0.6) is 0 Å². The summed E-state index contributed by atoms with van der Waals surface area (Å²) in [5.74, 6) is 1.71. The van der Waals surface area contributed by atoms with Gasteiger partial charge in [0.1, 0.15) is 5.76 Å². The van der Waals surface area contributed by atoms with Crippen LogP contribution in [0.1, 0.15) is 41.6 Å². The highest BCUT2D eigenvalue weighted by Gasteiger charge is 2.33. The first-order valence-electron chi connectivity index (χ1n) is 6.62. The number of nitrogens with two attached hydrogens (primary N) is 1. The van der Waals surface area contributed by atoms with E-state index in [-0.39, 0.29) is 11.9 Å². The molecule has 4 nitrogen and oxygen atoms in total. The van der Waals surface area contributed by atoms with Crippen molar-refractivity contribution in [2.75, 3.05) is 13.1 Å². The minimum Gasteiger partial charge on any atom is -0.456 e. The van der Waals surface area contributed by atoms with Gasteiger partial charge in [-0.05, 0) is 38.7 Å². The third-order valence-corrected chi connectivity index (χ3v) is 3.85. The van der Waals surface area contributed by atoms with Crippen LogP contribution in [-0.2, 0) is 0 Å². The number of piperidine rings is 1. The third-order valence-electron chi connectivity index (χ3n) is 3.85. The number of likely N-dealkylation sites (tertiary alicyclic amines) is 1. The molecule has 2 rings (SSSR count). The summed E-state index contributed by atoms with van der Waals surface area (Å²) in [6.07, 6.45) is 2.18. The molecule has 4 heteroatoms. The monoisotopic (exact) mass is 250 g/mol. The van der Waals surface area contributed by atoms with Crippen LogP contribution in [0.15, 0.2) is 10.5 Å². The molecule has 2 heterocycles. The lowest BCUT2D eigenvalue weighted by atomic mass is 9.90. The molecule has 0 aromatic carbocycles. The van der Waals surface area contributed by atoms with Gasteiger partial charge in [-0.2, -0.15) is 0 Å². The Morgan fingerprint density at radius 3 is 2.83 bits per heavy atom. The fraction of sp³-hybridized carbons (Fsp3) is 0.643. The number of aryl methyl sites for hydroxylation is 2. The zero-order chi connectivity index (χ0) is 13.3. The smallest absolute Gasteiger partial charge is 0.290 e. The number of nitrogens with zero attached hydrogens (tertiary/aromatic N) is 1. The number of hydrogen-bond acceptors (Lipinski definition) is 3. The van der Waals surface area contributed by atoms with Crippen molar-refractivity contribution >= 4 is 5.91 Å². The van der Waals surface area contributed by atoms with E-state index in [9.17, 15) is 4.79 Å². The molecule has 0 unspecified atom stereocenters. The number of carbonyl (C=O) groups is 1. The molecule has 0 radical (unpaired) electrons. The van der Waals surface area contributed by atoms with Crippen molar-refractivity contribution in [3.8, 4) is 0 Å². The van der Waals surface area contributed by atoms with Gasteiger partial charge in [0.2, 0.25) is 0 Å². The van der Waals surface area contributed by atoms with Gasteiger partial charge in [0.25, 0.3) is 5.91 Å². The van der Waals surface area contributed by atoms with Gasteiger partial charge in [0, 0.05) is 24.7 Å². The van der Waals surface area contributed by atoms with E-state index in [2.05, 4.69) is 6.92 Å². The third kappa shape index (κ3) is 2.29. The zero-order valence-corrected chi connectivity index (χ0v) is 11.4. The van der Waals surface area contributed by atoms with E-state index in [4.69, 9.17) is 10.2 Å². The fourth-order valence-electron chi connectivity index (χ4n) is 2.84. The molecule has 1 fully saturated rings. The lowest BCUT2D eigenvalue weighted by Crippen LogP contribution is -2.51. The Hall–Kier alpha value is -1.29. The molecule has 0 aliphatic carbocycles. The predicted molar refractivity (Wildman–Crippen MR) is 70.5 cm³/mol. The van der Waals surface area contributed by atoms with Crippen molar-refractivity contribution in [3.63, 3.8) is 0 Å². The lowest BCUT2D eigenvalue weighted by molar-refractivity contribution is 0.0499. The van der Waals surface area contributed by atoms with Crippen LogP contribution >= 0.6 is 0 Å². The molecule has 18 heavy (non-hydrogen) atoms. The predicted octanol–water partition coefficient (Wildman–Crippen LogP) is 2.10. The molecule has 1 aromatic rings. The van der Waals surface area contributed by atoms with Gasteiger partial charge in [-0.1, -0.05) is 6.92 Å². The highest BCUT2D eigenvalue weighted by molar-refractivity contribution is 5.93. The quantitative estimate of drug-likeness (QED) is 0.874. The number of rotatable bonds is 2. The van der Waals surface area contributed by atoms with Gasteiger partial charge in [-0.15, -0.1) is 0 Å². The summed E-state index contributed by atoms with van der Waals surface area (Å²) >= 11 is 0. The van der Waals surface area contributed by atoms with E-state index in [1.807, 2.05) is 24.8 Å². The van der Waals surface area contributed by atoms with Crippen molar-refractivity contribution in [2.45, 2.75) is 39.7 Å². The van der Waals surface area contributed by atoms with Crippen LogP contribution in [0.2, 0.25) is 0 Å². The Balaban J connectivity index is 2.24. The maximum Gasteiger partial charge on any atom is 0.290 e. The van der Waals surface area contributed by atoms with Gasteiger partial charge in [0.15, 0.2) is 5.76 Å². The van der Waals surface area contributed by atoms with E-state index in [0.29, 0.717) is 18.2 Å². The second-order valence-corrected chi connectivity index (χ2v) is 5.29. The van der Waals surface area contributed by atoms with Gasteiger partial charge in [-0.25, -0.2) is 0 Å². The molecule has 0 saturated carbocycles. The molecule has 0 bridgehead atoms. The second-order valence-electron chi connectivity index (χ2n) is 5.29. The molecule has 100 valence electrons. The summed E-state index contributed by atoms with van der Waals surface area (Å²) in [4.78, 5) is 14.4. The minimum atomic E-state index is -0.0115. The second kappa shape index (κ2) is 5.14. The lowest BCUT2D eigenvalue weighted by Gasteiger charge is -2.39. The normalized spacial score (nSPS) is 24.3. The molecule has 1 amide bonds. The van der Waals surface area contributed by atoms with E-state index in [0.717, 1.165) is 30.7 Å². The fourth-order valence-corrected chi connectivity index (χ4v) is 2.84. The standard InChI is InChI=1S/C14H22N2O2/c1-9-5-4-6-16(12(9)8-15)14(17)13-10(2)7-11(3)18-13/h7,9,12H,4-6,8,15H2,1-3H3/t9-,12-/m0/s1. The largest absolute Gasteiger partial charge is 0.456 e.